The first-order valence-corrected chi connectivity index (χ1v) is 11.0. The van der Waals surface area contributed by atoms with Crippen LogP contribution in [0.4, 0.5) is 0 Å². The molecule has 4 fully saturated rings. The van der Waals surface area contributed by atoms with Gasteiger partial charge in [0.15, 0.2) is 0 Å². The molecule has 0 amide bonds. The number of hydrogen-bond acceptors (Lipinski definition) is 3. The van der Waals surface area contributed by atoms with Crippen LogP contribution >= 0.6 is 0 Å². The summed E-state index contributed by atoms with van der Waals surface area (Å²) < 4.78 is 6.83. The largest absolute Gasteiger partial charge is 0.394 e. The van der Waals surface area contributed by atoms with Crippen molar-refractivity contribution in [3.05, 3.63) is 11.1 Å². The zero-order chi connectivity index (χ0) is 19.8. The van der Waals surface area contributed by atoms with Crippen molar-refractivity contribution in [3.63, 3.8) is 0 Å². The number of fused-ring (bicyclic) bond motifs is 1. The Kier molecular flexibility index (Phi) is 4.38. The van der Waals surface area contributed by atoms with Crippen LogP contribution < -0.4 is 0 Å². The second kappa shape index (κ2) is 6.07. The van der Waals surface area contributed by atoms with Gasteiger partial charge in [0.25, 0.3) is 0 Å². The van der Waals surface area contributed by atoms with E-state index >= 15 is 0 Å². The van der Waals surface area contributed by atoms with Crippen molar-refractivity contribution in [3.8, 4) is 6.07 Å². The monoisotopic (exact) mass is 371 g/mol. The topological polar surface area (TPSA) is 53.2 Å². The maximum Gasteiger partial charge on any atom is 0.0870 e. The number of aliphatic hydroxyl groups is 1. The molecule has 1 N–H and O–H groups in total. The molecule has 4 saturated carbocycles. The molecular weight excluding hydrogens is 334 g/mol. The summed E-state index contributed by atoms with van der Waals surface area (Å²) in [5, 5.41) is 20.4. The van der Waals surface area contributed by atoms with Gasteiger partial charge in [0.1, 0.15) is 0 Å². The number of ether oxygens (including phenoxy) is 1. The van der Waals surface area contributed by atoms with E-state index in [-0.39, 0.29) is 35.1 Å². The maximum absolute atomic E-state index is 10.3. The summed E-state index contributed by atoms with van der Waals surface area (Å²) in [6.07, 6.45) is 5.68. The minimum Gasteiger partial charge on any atom is -0.394 e. The minimum atomic E-state index is -0.166. The van der Waals surface area contributed by atoms with Crippen molar-refractivity contribution >= 4 is 0 Å². The van der Waals surface area contributed by atoms with Crippen LogP contribution in [0.1, 0.15) is 73.6 Å². The van der Waals surface area contributed by atoms with Gasteiger partial charge in [-0.2, -0.15) is 5.26 Å². The highest BCUT2D eigenvalue weighted by Crippen LogP contribution is 2.71. The van der Waals surface area contributed by atoms with Crippen molar-refractivity contribution in [2.75, 3.05) is 6.61 Å². The molecule has 4 aliphatic rings. The first-order chi connectivity index (χ1) is 12.6. The van der Waals surface area contributed by atoms with Crippen LogP contribution in [0.3, 0.4) is 0 Å². The molecule has 0 aromatic heterocycles. The lowest BCUT2D eigenvalue weighted by Gasteiger charge is -2.51. The van der Waals surface area contributed by atoms with Crippen LogP contribution in [0.2, 0.25) is 0 Å². The first kappa shape index (κ1) is 19.5. The predicted octanol–water partition coefficient (Wildman–Crippen LogP) is 5.10. The van der Waals surface area contributed by atoms with E-state index in [1.54, 1.807) is 5.57 Å². The fourth-order valence-electron chi connectivity index (χ4n) is 7.08. The Labute approximate surface area is 165 Å². The van der Waals surface area contributed by atoms with Gasteiger partial charge in [-0.3, -0.25) is 0 Å². The van der Waals surface area contributed by atoms with E-state index < -0.39 is 0 Å². The zero-order valence-corrected chi connectivity index (χ0v) is 18.0. The molecule has 7 unspecified atom stereocenters. The van der Waals surface area contributed by atoms with Crippen LogP contribution in [0.5, 0.6) is 0 Å². The van der Waals surface area contributed by atoms with Crippen LogP contribution in [-0.2, 0) is 4.74 Å². The van der Waals surface area contributed by atoms with E-state index in [1.807, 2.05) is 0 Å². The third-order valence-electron chi connectivity index (χ3n) is 9.25. The Bertz CT molecular complexity index is 690. The molecule has 0 aromatic rings. The Morgan fingerprint density at radius 1 is 1.26 bits per heavy atom. The Balaban J connectivity index is 1.61. The van der Waals surface area contributed by atoms with E-state index in [1.165, 1.54) is 18.4 Å². The molecule has 0 saturated heterocycles. The smallest absolute Gasteiger partial charge is 0.0870 e. The van der Waals surface area contributed by atoms with Gasteiger partial charge in [-0.15, -0.1) is 0 Å². The number of hydrogen-bond donors (Lipinski definition) is 1. The van der Waals surface area contributed by atoms with Gasteiger partial charge in [0, 0.05) is 5.41 Å². The van der Waals surface area contributed by atoms with Gasteiger partial charge in [-0.1, -0.05) is 52.7 Å². The van der Waals surface area contributed by atoms with Crippen molar-refractivity contribution in [2.24, 2.45) is 39.9 Å². The quantitative estimate of drug-likeness (QED) is 0.684. The average Bonchev–Trinajstić information content (AvgIpc) is 3.21. The fourth-order valence-corrected chi connectivity index (χ4v) is 7.08. The number of nitriles is 1. The zero-order valence-electron chi connectivity index (χ0n) is 18.0. The minimum absolute atomic E-state index is 0.0411. The van der Waals surface area contributed by atoms with Crippen LogP contribution in [0.15, 0.2) is 11.1 Å². The lowest BCUT2D eigenvalue weighted by molar-refractivity contribution is -0.174. The fraction of sp³-hybridized carbons (Fsp3) is 0.875. The molecule has 0 spiro atoms. The summed E-state index contributed by atoms with van der Waals surface area (Å²) in [6, 6.07) is 2.77. The maximum atomic E-state index is 10.3. The summed E-state index contributed by atoms with van der Waals surface area (Å²) in [5.41, 5.74) is 2.84. The molecule has 4 aliphatic carbocycles. The van der Waals surface area contributed by atoms with Crippen LogP contribution in [0, 0.1) is 51.2 Å². The van der Waals surface area contributed by atoms with Crippen LogP contribution in [0.25, 0.3) is 0 Å². The number of nitrogens with zero attached hydrogens (tertiary/aromatic N) is 1. The molecular formula is C24H37NO2. The first-order valence-electron chi connectivity index (χ1n) is 11.0. The Morgan fingerprint density at radius 3 is 2.41 bits per heavy atom. The molecule has 4 rings (SSSR count). The highest BCUT2D eigenvalue weighted by Gasteiger charge is 2.68. The summed E-state index contributed by atoms with van der Waals surface area (Å²) in [6.45, 7) is 13.7. The second-order valence-corrected chi connectivity index (χ2v) is 11.3. The average molecular weight is 372 g/mol. The number of aliphatic hydroxyl groups excluding tert-OH is 1. The van der Waals surface area contributed by atoms with Gasteiger partial charge in [0.2, 0.25) is 0 Å². The normalized spacial score (nSPS) is 40.4. The summed E-state index contributed by atoms with van der Waals surface area (Å²) >= 11 is 0. The van der Waals surface area contributed by atoms with E-state index in [0.717, 1.165) is 19.3 Å². The third kappa shape index (κ3) is 2.52. The van der Waals surface area contributed by atoms with Gasteiger partial charge >= 0.3 is 0 Å². The number of rotatable bonds is 5. The molecule has 0 aromatic carbocycles. The molecule has 150 valence electrons. The SMILES string of the molecule is CC(C)C(C)(C(CO)OC1C2CC3C1CC(=C1CC1)C3(C#N)C2)C(C)(C)C. The van der Waals surface area contributed by atoms with E-state index in [4.69, 9.17) is 4.74 Å². The third-order valence-corrected chi connectivity index (χ3v) is 9.25. The summed E-state index contributed by atoms with van der Waals surface area (Å²) in [5.74, 6) is 1.87. The second-order valence-electron chi connectivity index (χ2n) is 11.3. The van der Waals surface area contributed by atoms with E-state index in [2.05, 4.69) is 47.6 Å². The van der Waals surface area contributed by atoms with Crippen molar-refractivity contribution < 1.29 is 9.84 Å². The lowest BCUT2D eigenvalue weighted by atomic mass is 9.58. The van der Waals surface area contributed by atoms with Gasteiger partial charge in [0.05, 0.1) is 30.3 Å². The highest BCUT2D eigenvalue weighted by molar-refractivity contribution is 5.44. The van der Waals surface area contributed by atoms with Crippen molar-refractivity contribution in [1.82, 2.24) is 0 Å². The molecule has 0 heterocycles. The van der Waals surface area contributed by atoms with Gasteiger partial charge in [-0.25, -0.2) is 0 Å². The Hall–Kier alpha value is -0.850. The number of allylic oxidation sites excluding steroid dienone is 2. The molecule has 3 heteroatoms. The van der Waals surface area contributed by atoms with Crippen molar-refractivity contribution in [2.45, 2.75) is 85.9 Å². The molecule has 0 aliphatic heterocycles. The molecule has 27 heavy (non-hydrogen) atoms. The molecule has 2 bridgehead atoms. The Morgan fingerprint density at radius 2 is 1.93 bits per heavy atom. The summed E-state index contributed by atoms with van der Waals surface area (Å²) in [7, 11) is 0. The van der Waals surface area contributed by atoms with E-state index in [9.17, 15) is 10.4 Å². The van der Waals surface area contributed by atoms with Gasteiger partial charge in [-0.05, 0) is 61.2 Å². The van der Waals surface area contributed by atoms with Crippen molar-refractivity contribution in [1.29, 1.82) is 5.26 Å². The molecule has 0 radical (unpaired) electrons. The summed E-state index contributed by atoms with van der Waals surface area (Å²) in [4.78, 5) is 0. The van der Waals surface area contributed by atoms with E-state index in [0.29, 0.717) is 23.7 Å². The van der Waals surface area contributed by atoms with Crippen LogP contribution in [-0.4, -0.2) is 23.9 Å². The molecule has 7 atom stereocenters. The van der Waals surface area contributed by atoms with Gasteiger partial charge < -0.3 is 9.84 Å². The molecule has 3 nitrogen and oxygen atoms in total. The highest BCUT2D eigenvalue weighted by atomic mass is 16.5. The lowest BCUT2D eigenvalue weighted by Crippen LogP contribution is -2.52. The predicted molar refractivity (Wildman–Crippen MR) is 107 cm³/mol. The standard InChI is InChI=1S/C24H37NO2/c1-14(2)23(6,22(3,4)5)20(12-26)27-21-16-9-19-17(21)10-18(15-7-8-15)24(19,11-16)13-25/h14,16-17,19-21,26H,7-12H2,1-6H3.